The molecule has 2 heterocycles. The van der Waals surface area contributed by atoms with E-state index in [1.54, 1.807) is 35.9 Å². The number of carbonyl (C=O) groups is 2. The van der Waals surface area contributed by atoms with E-state index < -0.39 is 11.2 Å². The number of anilines is 1. The quantitative estimate of drug-likeness (QED) is 0.508. The van der Waals surface area contributed by atoms with Gasteiger partial charge in [0, 0.05) is 57.1 Å². The van der Waals surface area contributed by atoms with E-state index in [9.17, 15) is 14.4 Å². The molecule has 0 unspecified atom stereocenters. The summed E-state index contributed by atoms with van der Waals surface area (Å²) >= 11 is 0. The fourth-order valence-electron chi connectivity index (χ4n) is 5.01. The lowest BCUT2D eigenvalue weighted by Crippen LogP contribution is -2.58. The Morgan fingerprint density at radius 2 is 1.79 bits per heavy atom. The molecule has 4 N–H and O–H groups in total. The van der Waals surface area contributed by atoms with Crippen molar-refractivity contribution >= 4 is 23.5 Å². The second-order valence-electron chi connectivity index (χ2n) is 10.6. The highest BCUT2D eigenvalue weighted by Crippen LogP contribution is 2.23. The molecule has 0 spiro atoms. The van der Waals surface area contributed by atoms with Crippen LogP contribution in [-0.2, 0) is 11.3 Å². The maximum Gasteiger partial charge on any atom is 0.354 e. The van der Waals surface area contributed by atoms with Gasteiger partial charge in [0.15, 0.2) is 0 Å². The molecule has 11 nitrogen and oxygen atoms in total. The van der Waals surface area contributed by atoms with E-state index in [4.69, 9.17) is 11.1 Å². The fourth-order valence-corrected chi connectivity index (χ4v) is 5.01. The first kappa shape index (κ1) is 27.5. The highest BCUT2D eigenvalue weighted by atomic mass is 16.2. The highest BCUT2D eigenvalue weighted by molar-refractivity contribution is 5.89. The number of aromatic nitrogens is 2. The third-order valence-corrected chi connectivity index (χ3v) is 7.23. The van der Waals surface area contributed by atoms with E-state index in [2.05, 4.69) is 22.1 Å². The van der Waals surface area contributed by atoms with Crippen LogP contribution in [0.2, 0.25) is 0 Å². The molecule has 2 aliphatic rings. The zero-order chi connectivity index (χ0) is 27.4. The summed E-state index contributed by atoms with van der Waals surface area (Å²) in [7, 11) is 0. The van der Waals surface area contributed by atoms with Crippen molar-refractivity contribution in [3.8, 4) is 5.69 Å². The normalized spacial score (nSPS) is 18.2. The molecule has 0 radical (unpaired) electrons. The second-order valence-corrected chi connectivity index (χ2v) is 10.6. The van der Waals surface area contributed by atoms with Crippen LogP contribution in [0.15, 0.2) is 41.3 Å². The van der Waals surface area contributed by atoms with Gasteiger partial charge in [0.25, 0.3) is 0 Å². The Hall–Kier alpha value is -3.57. The molecule has 1 aromatic carbocycles. The van der Waals surface area contributed by atoms with Gasteiger partial charge in [-0.1, -0.05) is 19.1 Å². The Kier molecular flexibility index (Phi) is 8.27. The first-order valence-electron chi connectivity index (χ1n) is 13.2. The van der Waals surface area contributed by atoms with Crippen molar-refractivity contribution in [1.82, 2.24) is 24.3 Å². The molecule has 1 saturated carbocycles. The highest BCUT2D eigenvalue weighted by Gasteiger charge is 2.31. The maximum absolute atomic E-state index is 12.7. The lowest BCUT2D eigenvalue weighted by molar-refractivity contribution is -0.137. The van der Waals surface area contributed by atoms with E-state index in [-0.39, 0.29) is 17.8 Å². The van der Waals surface area contributed by atoms with Gasteiger partial charge in [0.2, 0.25) is 5.91 Å². The van der Waals surface area contributed by atoms with Crippen LogP contribution in [0.5, 0.6) is 0 Å². The number of piperazine rings is 1. The van der Waals surface area contributed by atoms with Crippen molar-refractivity contribution in [3.05, 3.63) is 52.6 Å². The molecular formula is C27H38N8O3. The molecule has 4 rings (SSSR count). The van der Waals surface area contributed by atoms with Gasteiger partial charge in [0.1, 0.15) is 5.82 Å². The summed E-state index contributed by atoms with van der Waals surface area (Å²) in [5, 5.41) is 10.6. The molecule has 2 aromatic rings. The van der Waals surface area contributed by atoms with Crippen molar-refractivity contribution < 1.29 is 9.59 Å². The lowest BCUT2D eigenvalue weighted by Gasteiger charge is -2.37. The Morgan fingerprint density at radius 1 is 1.13 bits per heavy atom. The number of amides is 3. The van der Waals surface area contributed by atoms with Crippen molar-refractivity contribution in [2.75, 3.05) is 38.0 Å². The van der Waals surface area contributed by atoms with E-state index in [0.29, 0.717) is 37.9 Å². The van der Waals surface area contributed by atoms with E-state index in [0.717, 1.165) is 43.6 Å². The van der Waals surface area contributed by atoms with Crippen LogP contribution in [0, 0.1) is 5.41 Å². The van der Waals surface area contributed by atoms with Crippen LogP contribution >= 0.6 is 0 Å². The Bertz CT molecular complexity index is 1230. The zero-order valence-corrected chi connectivity index (χ0v) is 22.4. The number of rotatable bonds is 7. The predicted octanol–water partition coefficient (Wildman–Crippen LogP) is 2.04. The minimum Gasteiger partial charge on any atom is -0.338 e. The van der Waals surface area contributed by atoms with Crippen molar-refractivity contribution in [2.24, 2.45) is 5.73 Å². The maximum atomic E-state index is 12.7. The minimum absolute atomic E-state index is 0.145. The molecule has 38 heavy (non-hydrogen) atoms. The monoisotopic (exact) mass is 522 g/mol. The summed E-state index contributed by atoms with van der Waals surface area (Å²) in [6, 6.07) is 9.46. The average molecular weight is 523 g/mol. The Balaban J connectivity index is 1.34. The minimum atomic E-state index is -0.949. The van der Waals surface area contributed by atoms with Crippen LogP contribution in [0.4, 0.5) is 10.6 Å². The number of benzene rings is 1. The summed E-state index contributed by atoms with van der Waals surface area (Å²) in [5.74, 6) is 0.0314. The van der Waals surface area contributed by atoms with Crippen LogP contribution < -0.4 is 16.7 Å². The van der Waals surface area contributed by atoms with E-state index in [1.807, 2.05) is 24.3 Å². The molecule has 1 aliphatic carbocycles. The van der Waals surface area contributed by atoms with Crippen molar-refractivity contribution in [1.29, 1.82) is 5.41 Å². The fraction of sp³-hybridized carbons (Fsp3) is 0.519. The Morgan fingerprint density at radius 3 is 2.34 bits per heavy atom. The molecule has 1 atom stereocenters. The number of hydrogen-bond acceptors (Lipinski definition) is 7. The SMILES string of the molecule is CCN(Cc1ccc(-n2ccc(NC(=O)N3CCN(C(=O)C(C)(C)N)CC3)nc2=O)cc1)[C@H]1CCC(=N)C1. The summed E-state index contributed by atoms with van der Waals surface area (Å²) in [5.41, 5.74) is 7.14. The topological polar surface area (TPSA) is 141 Å². The van der Waals surface area contributed by atoms with Gasteiger partial charge < -0.3 is 20.9 Å². The largest absolute Gasteiger partial charge is 0.354 e. The van der Waals surface area contributed by atoms with Crippen molar-refractivity contribution in [2.45, 2.75) is 58.2 Å². The molecular weight excluding hydrogens is 484 g/mol. The number of nitrogens with zero attached hydrogens (tertiary/aromatic N) is 5. The van der Waals surface area contributed by atoms with Gasteiger partial charge >= 0.3 is 11.7 Å². The standard InChI is InChI=1S/C27H38N8O3/c1-4-32(22-10-7-20(28)17-22)18-19-5-8-21(9-6-19)35-12-11-23(31-26(35)38)30-25(37)34-15-13-33(14-16-34)24(36)27(2,3)29/h5-6,8-9,11-12,22,28H,4,7,10,13-18,29H2,1-3H3,(H,30,31,37,38)/t22-/m0/s1. The molecule has 2 fully saturated rings. The Labute approximate surface area is 223 Å². The van der Waals surface area contributed by atoms with Gasteiger partial charge in [-0.05, 0) is 57.0 Å². The van der Waals surface area contributed by atoms with E-state index >= 15 is 0 Å². The smallest absolute Gasteiger partial charge is 0.338 e. The number of carbonyl (C=O) groups excluding carboxylic acids is 2. The summed E-state index contributed by atoms with van der Waals surface area (Å²) in [4.78, 5) is 47.5. The average Bonchev–Trinajstić information content (AvgIpc) is 3.33. The lowest BCUT2D eigenvalue weighted by atomic mass is 10.1. The molecule has 1 aliphatic heterocycles. The van der Waals surface area contributed by atoms with Crippen LogP contribution in [0.3, 0.4) is 0 Å². The van der Waals surface area contributed by atoms with E-state index in [1.165, 1.54) is 4.57 Å². The van der Waals surface area contributed by atoms with Crippen LogP contribution in [-0.4, -0.2) is 86.2 Å². The predicted molar refractivity (Wildman–Crippen MR) is 147 cm³/mol. The molecule has 3 amide bonds. The molecule has 0 bridgehead atoms. The summed E-state index contributed by atoms with van der Waals surface area (Å²) < 4.78 is 1.44. The van der Waals surface area contributed by atoms with Gasteiger partial charge in [-0.2, -0.15) is 4.98 Å². The number of urea groups is 1. The molecule has 11 heteroatoms. The van der Waals surface area contributed by atoms with Gasteiger partial charge in [-0.3, -0.25) is 19.6 Å². The van der Waals surface area contributed by atoms with Gasteiger partial charge in [-0.15, -0.1) is 0 Å². The molecule has 204 valence electrons. The number of nitrogens with two attached hydrogens (primary N) is 1. The summed E-state index contributed by atoms with van der Waals surface area (Å²) in [6.45, 7) is 8.76. The van der Waals surface area contributed by atoms with Crippen molar-refractivity contribution in [3.63, 3.8) is 0 Å². The second kappa shape index (κ2) is 11.4. The zero-order valence-electron chi connectivity index (χ0n) is 22.4. The van der Waals surface area contributed by atoms with Crippen LogP contribution in [0.25, 0.3) is 5.69 Å². The summed E-state index contributed by atoms with van der Waals surface area (Å²) in [6.07, 6.45) is 4.37. The first-order valence-corrected chi connectivity index (χ1v) is 13.2. The third kappa shape index (κ3) is 6.46. The van der Waals surface area contributed by atoms with Gasteiger partial charge in [0.05, 0.1) is 11.2 Å². The number of hydrogen-bond donors (Lipinski definition) is 3. The number of nitrogens with one attached hydrogen (secondary N) is 2. The first-order chi connectivity index (χ1) is 18.0. The van der Waals surface area contributed by atoms with Gasteiger partial charge in [-0.25, -0.2) is 9.59 Å². The third-order valence-electron chi connectivity index (χ3n) is 7.23. The molecule has 1 saturated heterocycles. The van der Waals surface area contributed by atoms with Crippen LogP contribution in [0.1, 0.15) is 45.6 Å². The molecule has 1 aromatic heterocycles.